The number of aliphatic hydroxyl groups excluding tert-OH is 1. The van der Waals surface area contributed by atoms with E-state index in [1.165, 1.54) is 17.8 Å². The summed E-state index contributed by atoms with van der Waals surface area (Å²) in [4.78, 5) is 0.913. The van der Waals surface area contributed by atoms with Crippen molar-refractivity contribution in [3.63, 3.8) is 0 Å². The van der Waals surface area contributed by atoms with E-state index in [9.17, 15) is 8.42 Å². The fraction of sp³-hybridized carbons (Fsp3) is 0.714. The summed E-state index contributed by atoms with van der Waals surface area (Å²) in [6.07, 6.45) is 4.72. The summed E-state index contributed by atoms with van der Waals surface area (Å²) in [5.74, 6) is 0.597. The quantitative estimate of drug-likeness (QED) is 0.907. The molecule has 2 rings (SSSR count). The molecule has 1 heterocycles. The first-order valence-electron chi connectivity index (χ1n) is 7.12. The molecule has 1 aliphatic carbocycles. The lowest BCUT2D eigenvalue weighted by atomic mass is 9.87. The summed E-state index contributed by atoms with van der Waals surface area (Å²) < 4.78 is 27.2. The Hall–Kier alpha value is -0.430. The van der Waals surface area contributed by atoms with Gasteiger partial charge in [0.2, 0.25) is 0 Å². The van der Waals surface area contributed by atoms with Crippen LogP contribution in [0.15, 0.2) is 16.3 Å². The SMILES string of the molecule is CC1CCCC(N(C)S(=O)(=O)c2ccc(CCO)s2)C1. The third kappa shape index (κ3) is 3.42. The van der Waals surface area contributed by atoms with Gasteiger partial charge in [-0.2, -0.15) is 4.31 Å². The fourth-order valence-corrected chi connectivity index (χ4v) is 5.74. The average Bonchev–Trinajstić information content (AvgIpc) is 2.87. The van der Waals surface area contributed by atoms with Gasteiger partial charge < -0.3 is 5.11 Å². The molecule has 0 aromatic carbocycles. The van der Waals surface area contributed by atoms with Gasteiger partial charge in [0.25, 0.3) is 10.0 Å². The monoisotopic (exact) mass is 317 g/mol. The summed E-state index contributed by atoms with van der Waals surface area (Å²) in [7, 11) is -1.69. The Morgan fingerprint density at radius 3 is 2.80 bits per heavy atom. The number of rotatable bonds is 5. The first kappa shape index (κ1) is 15.9. The Balaban J connectivity index is 2.15. The predicted molar refractivity (Wildman–Crippen MR) is 81.5 cm³/mol. The highest BCUT2D eigenvalue weighted by Crippen LogP contribution is 2.32. The van der Waals surface area contributed by atoms with Gasteiger partial charge in [0, 0.05) is 31.0 Å². The van der Waals surface area contributed by atoms with E-state index in [0.717, 1.165) is 24.1 Å². The zero-order valence-electron chi connectivity index (χ0n) is 12.1. The number of sulfonamides is 1. The molecule has 20 heavy (non-hydrogen) atoms. The van der Waals surface area contributed by atoms with Gasteiger partial charge in [0.15, 0.2) is 0 Å². The van der Waals surface area contributed by atoms with Gasteiger partial charge in [-0.15, -0.1) is 11.3 Å². The summed E-state index contributed by atoms with van der Waals surface area (Å²) in [6.45, 7) is 2.24. The Labute approximate surface area is 125 Å². The van der Waals surface area contributed by atoms with Crippen molar-refractivity contribution in [2.45, 2.75) is 49.3 Å². The number of aliphatic hydroxyl groups is 1. The zero-order valence-corrected chi connectivity index (χ0v) is 13.7. The van der Waals surface area contributed by atoms with Gasteiger partial charge in [-0.1, -0.05) is 19.8 Å². The van der Waals surface area contributed by atoms with Gasteiger partial charge in [0.05, 0.1) is 0 Å². The molecule has 1 aromatic heterocycles. The summed E-state index contributed by atoms with van der Waals surface area (Å²) in [5, 5.41) is 8.92. The van der Waals surface area contributed by atoms with Gasteiger partial charge in [-0.3, -0.25) is 0 Å². The third-order valence-corrected chi connectivity index (χ3v) is 7.57. The maximum Gasteiger partial charge on any atom is 0.252 e. The van der Waals surface area contributed by atoms with Crippen LogP contribution in [0.3, 0.4) is 0 Å². The van der Waals surface area contributed by atoms with Gasteiger partial charge in [0.1, 0.15) is 4.21 Å². The molecule has 2 atom stereocenters. The van der Waals surface area contributed by atoms with Crippen LogP contribution >= 0.6 is 11.3 Å². The minimum Gasteiger partial charge on any atom is -0.396 e. The van der Waals surface area contributed by atoms with Gasteiger partial charge in [-0.05, 0) is 30.9 Å². The van der Waals surface area contributed by atoms with Crippen molar-refractivity contribution in [3.05, 3.63) is 17.0 Å². The Bertz CT molecular complexity index is 538. The van der Waals surface area contributed by atoms with E-state index in [4.69, 9.17) is 5.11 Å². The Kier molecular flexibility index (Phi) is 5.23. The molecule has 0 amide bonds. The van der Waals surface area contributed by atoms with Crippen LogP contribution in [0.2, 0.25) is 0 Å². The van der Waals surface area contributed by atoms with E-state index in [0.29, 0.717) is 16.5 Å². The molecule has 1 aliphatic rings. The molecule has 0 spiro atoms. The molecule has 2 unspecified atom stereocenters. The van der Waals surface area contributed by atoms with Gasteiger partial charge >= 0.3 is 0 Å². The molecule has 0 bridgehead atoms. The number of nitrogens with zero attached hydrogens (tertiary/aromatic N) is 1. The third-order valence-electron chi connectivity index (χ3n) is 4.05. The topological polar surface area (TPSA) is 57.6 Å². The molecule has 1 saturated carbocycles. The molecule has 0 saturated heterocycles. The van der Waals surface area contributed by atoms with E-state index in [2.05, 4.69) is 6.92 Å². The van der Waals surface area contributed by atoms with Crippen LogP contribution in [0, 0.1) is 5.92 Å². The van der Waals surface area contributed by atoms with Crippen molar-refractivity contribution in [1.29, 1.82) is 0 Å². The first-order valence-corrected chi connectivity index (χ1v) is 9.38. The lowest BCUT2D eigenvalue weighted by Crippen LogP contribution is -2.39. The zero-order chi connectivity index (χ0) is 14.8. The van der Waals surface area contributed by atoms with Crippen molar-refractivity contribution in [2.75, 3.05) is 13.7 Å². The summed E-state index contributed by atoms with van der Waals surface area (Å²) >= 11 is 1.27. The highest BCUT2D eigenvalue weighted by molar-refractivity contribution is 7.91. The van der Waals surface area contributed by atoms with Crippen LogP contribution in [0.25, 0.3) is 0 Å². The predicted octanol–water partition coefficient (Wildman–Crippen LogP) is 2.48. The summed E-state index contributed by atoms with van der Waals surface area (Å²) in [5.41, 5.74) is 0. The van der Waals surface area contributed by atoms with Crippen LogP contribution in [-0.2, 0) is 16.4 Å². The van der Waals surface area contributed by atoms with Crippen molar-refractivity contribution >= 4 is 21.4 Å². The minimum absolute atomic E-state index is 0.0516. The molecule has 6 heteroatoms. The van der Waals surface area contributed by atoms with Crippen molar-refractivity contribution in [3.8, 4) is 0 Å². The molecular formula is C14H23NO3S2. The normalized spacial score (nSPS) is 24.2. The second-order valence-electron chi connectivity index (χ2n) is 5.64. The van der Waals surface area contributed by atoms with E-state index in [1.54, 1.807) is 23.5 Å². The van der Waals surface area contributed by atoms with Crippen LogP contribution in [0.5, 0.6) is 0 Å². The molecule has 0 radical (unpaired) electrons. The molecule has 1 aromatic rings. The highest BCUT2D eigenvalue weighted by Gasteiger charge is 2.31. The second-order valence-corrected chi connectivity index (χ2v) is 9.03. The standard InChI is InChI=1S/C14H23NO3S2/c1-11-4-3-5-12(10-11)15(2)20(17,18)14-7-6-13(19-14)8-9-16/h6-7,11-12,16H,3-5,8-10H2,1-2H3. The maximum absolute atomic E-state index is 12.6. The maximum atomic E-state index is 12.6. The Morgan fingerprint density at radius 1 is 1.40 bits per heavy atom. The van der Waals surface area contributed by atoms with Crippen molar-refractivity contribution < 1.29 is 13.5 Å². The number of hydrogen-bond acceptors (Lipinski definition) is 4. The first-order chi connectivity index (χ1) is 9.45. The minimum atomic E-state index is -3.39. The fourth-order valence-electron chi connectivity index (χ4n) is 2.81. The average molecular weight is 317 g/mol. The Morgan fingerprint density at radius 2 is 2.15 bits per heavy atom. The smallest absolute Gasteiger partial charge is 0.252 e. The van der Waals surface area contributed by atoms with Crippen LogP contribution in [0.4, 0.5) is 0 Å². The van der Waals surface area contributed by atoms with Gasteiger partial charge in [-0.25, -0.2) is 8.42 Å². The van der Waals surface area contributed by atoms with Crippen LogP contribution < -0.4 is 0 Å². The molecule has 4 nitrogen and oxygen atoms in total. The summed E-state index contributed by atoms with van der Waals surface area (Å²) in [6, 6.07) is 3.57. The van der Waals surface area contributed by atoms with Crippen molar-refractivity contribution in [1.82, 2.24) is 4.31 Å². The largest absolute Gasteiger partial charge is 0.396 e. The highest BCUT2D eigenvalue weighted by atomic mass is 32.2. The molecule has 114 valence electrons. The molecule has 0 aliphatic heterocycles. The van der Waals surface area contributed by atoms with Crippen LogP contribution in [-0.4, -0.2) is 37.5 Å². The number of thiophene rings is 1. The molecular weight excluding hydrogens is 294 g/mol. The van der Waals surface area contributed by atoms with E-state index >= 15 is 0 Å². The van der Waals surface area contributed by atoms with E-state index < -0.39 is 10.0 Å². The number of hydrogen-bond donors (Lipinski definition) is 1. The molecule has 1 N–H and O–H groups in total. The van der Waals surface area contributed by atoms with Crippen molar-refractivity contribution in [2.24, 2.45) is 5.92 Å². The van der Waals surface area contributed by atoms with E-state index in [-0.39, 0.29) is 12.6 Å². The second kappa shape index (κ2) is 6.56. The molecule has 1 fully saturated rings. The van der Waals surface area contributed by atoms with E-state index in [1.807, 2.05) is 0 Å². The lowest BCUT2D eigenvalue weighted by Gasteiger charge is -2.33. The van der Waals surface area contributed by atoms with Crippen LogP contribution in [0.1, 0.15) is 37.5 Å². The lowest BCUT2D eigenvalue weighted by molar-refractivity contribution is 0.239.